The van der Waals surface area contributed by atoms with Crippen LogP contribution in [0.2, 0.25) is 0 Å². The van der Waals surface area contributed by atoms with Crippen molar-refractivity contribution in [2.75, 3.05) is 13.1 Å². The quantitative estimate of drug-likeness (QED) is 0.219. The van der Waals surface area contributed by atoms with Gasteiger partial charge in [-0.1, -0.05) is 87.7 Å². The number of guanidine groups is 1. The molecule has 1 aromatic heterocycles. The van der Waals surface area contributed by atoms with Crippen LogP contribution in [-0.4, -0.2) is 34.1 Å². The second-order valence-electron chi connectivity index (χ2n) is 8.90. The lowest BCUT2D eigenvalue weighted by Crippen LogP contribution is -2.42. The molecule has 1 aliphatic heterocycles. The number of hydrogen-bond acceptors (Lipinski definition) is 4. The Bertz CT molecular complexity index is 792. The highest BCUT2D eigenvalue weighted by Gasteiger charge is 2.26. The van der Waals surface area contributed by atoms with E-state index in [2.05, 4.69) is 41.3 Å². The molecule has 7 heteroatoms. The normalized spacial score (nSPS) is 16.0. The van der Waals surface area contributed by atoms with Crippen LogP contribution in [0.15, 0.2) is 28.8 Å². The fourth-order valence-electron chi connectivity index (χ4n) is 4.38. The molecule has 1 saturated heterocycles. The molecule has 178 valence electrons. The Balaban J connectivity index is 0.00000363. The summed E-state index contributed by atoms with van der Waals surface area (Å²) in [7, 11) is 0. The van der Waals surface area contributed by atoms with Gasteiger partial charge in [0.05, 0.1) is 5.92 Å². The van der Waals surface area contributed by atoms with Crippen LogP contribution in [0.1, 0.15) is 94.9 Å². The Morgan fingerprint density at radius 3 is 2.38 bits per heavy atom. The maximum absolute atomic E-state index is 7.65. The molecular formula is C25H40ClN5O. The van der Waals surface area contributed by atoms with Gasteiger partial charge in [-0.2, -0.15) is 4.98 Å². The van der Waals surface area contributed by atoms with Gasteiger partial charge in [-0.25, -0.2) is 0 Å². The van der Waals surface area contributed by atoms with Crippen molar-refractivity contribution in [3.63, 3.8) is 0 Å². The van der Waals surface area contributed by atoms with E-state index in [9.17, 15) is 0 Å². The molecule has 6 nitrogen and oxygen atoms in total. The van der Waals surface area contributed by atoms with Crippen molar-refractivity contribution < 1.29 is 4.52 Å². The van der Waals surface area contributed by atoms with Gasteiger partial charge in [0.2, 0.25) is 11.7 Å². The Hall–Kier alpha value is -2.08. The third kappa shape index (κ3) is 8.12. The summed E-state index contributed by atoms with van der Waals surface area (Å²) in [6, 6.07) is 8.57. The smallest absolute Gasteiger partial charge is 0.231 e. The summed E-state index contributed by atoms with van der Waals surface area (Å²) in [6.07, 6.45) is 15.4. The number of rotatable bonds is 12. The van der Waals surface area contributed by atoms with E-state index in [-0.39, 0.29) is 24.3 Å². The van der Waals surface area contributed by atoms with Crippen LogP contribution >= 0.6 is 12.4 Å². The molecule has 0 radical (unpaired) electrons. The third-order valence-electron chi connectivity index (χ3n) is 6.33. The van der Waals surface area contributed by atoms with Gasteiger partial charge < -0.3 is 15.2 Å². The number of likely N-dealkylation sites (tertiary alicyclic amines) is 1. The van der Waals surface area contributed by atoms with Crippen molar-refractivity contribution >= 4 is 18.4 Å². The van der Waals surface area contributed by atoms with E-state index >= 15 is 0 Å². The Labute approximate surface area is 199 Å². The Morgan fingerprint density at radius 2 is 1.72 bits per heavy atom. The Kier molecular flexibility index (Phi) is 11.6. The van der Waals surface area contributed by atoms with Gasteiger partial charge in [0.1, 0.15) is 0 Å². The molecule has 0 bridgehead atoms. The SMILES string of the molecule is CCCCCCCCCCCc1ccc(-c2noc(C3CCCN(C(=N)N)C3)n2)cc1.Cl. The molecule has 0 spiro atoms. The van der Waals surface area contributed by atoms with Crippen molar-refractivity contribution in [3.8, 4) is 11.4 Å². The molecule has 2 heterocycles. The largest absolute Gasteiger partial charge is 0.370 e. The summed E-state index contributed by atoms with van der Waals surface area (Å²) in [5.41, 5.74) is 8.01. The molecule has 1 atom stereocenters. The average Bonchev–Trinajstić information content (AvgIpc) is 3.29. The fourth-order valence-corrected chi connectivity index (χ4v) is 4.38. The zero-order chi connectivity index (χ0) is 21.9. The van der Waals surface area contributed by atoms with E-state index in [0.717, 1.165) is 31.4 Å². The minimum atomic E-state index is 0. The molecular weight excluding hydrogens is 422 g/mol. The molecule has 0 amide bonds. The topological polar surface area (TPSA) is 92.0 Å². The zero-order valence-corrected chi connectivity index (χ0v) is 20.3. The number of unbranched alkanes of at least 4 members (excludes halogenated alkanes) is 8. The first-order valence-electron chi connectivity index (χ1n) is 12.2. The third-order valence-corrected chi connectivity index (χ3v) is 6.33. The number of halogens is 1. The molecule has 1 fully saturated rings. The predicted molar refractivity (Wildman–Crippen MR) is 133 cm³/mol. The highest BCUT2D eigenvalue weighted by Crippen LogP contribution is 2.27. The van der Waals surface area contributed by atoms with Gasteiger partial charge in [-0.15, -0.1) is 12.4 Å². The number of nitrogens with zero attached hydrogens (tertiary/aromatic N) is 3. The van der Waals surface area contributed by atoms with Gasteiger partial charge in [0, 0.05) is 18.7 Å². The fraction of sp³-hybridized carbons (Fsp3) is 0.640. The van der Waals surface area contributed by atoms with Crippen LogP contribution in [0.25, 0.3) is 11.4 Å². The summed E-state index contributed by atoms with van der Waals surface area (Å²) >= 11 is 0. The number of hydrogen-bond donors (Lipinski definition) is 2. The maximum atomic E-state index is 7.65. The number of nitrogens with one attached hydrogen (secondary N) is 1. The van der Waals surface area contributed by atoms with Crippen molar-refractivity contribution in [1.82, 2.24) is 15.0 Å². The molecule has 1 aliphatic rings. The minimum absolute atomic E-state index is 0. The second kappa shape index (κ2) is 14.1. The molecule has 0 aliphatic carbocycles. The highest BCUT2D eigenvalue weighted by atomic mass is 35.5. The number of aryl methyl sites for hydroxylation is 1. The molecule has 1 aromatic carbocycles. The summed E-state index contributed by atoms with van der Waals surface area (Å²) in [4.78, 5) is 6.51. The van der Waals surface area contributed by atoms with Gasteiger partial charge in [0.25, 0.3) is 0 Å². The molecule has 3 N–H and O–H groups in total. The molecule has 0 saturated carbocycles. The van der Waals surface area contributed by atoms with Crippen LogP contribution in [0.5, 0.6) is 0 Å². The standard InChI is InChI=1S/C25H39N5O.ClH/c1-2-3-4-5-6-7-8-9-10-12-20-14-16-21(17-15-20)23-28-24(31-29-23)22-13-11-18-30(19-22)25(26)27;/h14-17,22H,2-13,18-19H2,1H3,(H3,26,27);1H. The van der Waals surface area contributed by atoms with Crippen LogP contribution in [0, 0.1) is 5.41 Å². The van der Waals surface area contributed by atoms with Gasteiger partial charge in [-0.3, -0.25) is 5.41 Å². The summed E-state index contributed by atoms with van der Waals surface area (Å²) in [5.74, 6) is 1.56. The van der Waals surface area contributed by atoms with Crippen molar-refractivity contribution in [2.45, 2.75) is 89.9 Å². The molecule has 1 unspecified atom stereocenters. The summed E-state index contributed by atoms with van der Waals surface area (Å²) in [6.45, 7) is 3.77. The van der Waals surface area contributed by atoms with Crippen LogP contribution in [0.3, 0.4) is 0 Å². The number of piperidine rings is 1. The second-order valence-corrected chi connectivity index (χ2v) is 8.90. The van der Waals surface area contributed by atoms with Gasteiger partial charge >= 0.3 is 0 Å². The van der Waals surface area contributed by atoms with Crippen LogP contribution in [-0.2, 0) is 6.42 Å². The van der Waals surface area contributed by atoms with E-state index < -0.39 is 0 Å². The van der Waals surface area contributed by atoms with Crippen molar-refractivity contribution in [1.29, 1.82) is 5.41 Å². The van der Waals surface area contributed by atoms with Gasteiger partial charge in [-0.05, 0) is 31.2 Å². The monoisotopic (exact) mass is 461 g/mol. The summed E-state index contributed by atoms with van der Waals surface area (Å²) in [5, 5.41) is 11.8. The van der Waals surface area contributed by atoms with Crippen LogP contribution < -0.4 is 5.73 Å². The first-order valence-corrected chi connectivity index (χ1v) is 12.2. The van der Waals surface area contributed by atoms with Gasteiger partial charge in [0.15, 0.2) is 5.96 Å². The van der Waals surface area contributed by atoms with E-state index in [4.69, 9.17) is 15.7 Å². The molecule has 3 rings (SSSR count). The lowest BCUT2D eigenvalue weighted by molar-refractivity contribution is 0.257. The zero-order valence-electron chi connectivity index (χ0n) is 19.5. The Morgan fingerprint density at radius 1 is 1.06 bits per heavy atom. The van der Waals surface area contributed by atoms with E-state index in [1.807, 2.05) is 4.90 Å². The lowest BCUT2D eigenvalue weighted by Gasteiger charge is -2.30. The first-order chi connectivity index (χ1) is 15.2. The number of nitrogens with two attached hydrogens (primary N) is 1. The number of aromatic nitrogens is 2. The van der Waals surface area contributed by atoms with Crippen molar-refractivity contribution in [2.24, 2.45) is 5.73 Å². The summed E-state index contributed by atoms with van der Waals surface area (Å²) < 4.78 is 5.55. The van der Waals surface area contributed by atoms with E-state index in [1.165, 1.54) is 63.4 Å². The molecule has 2 aromatic rings. The average molecular weight is 462 g/mol. The minimum Gasteiger partial charge on any atom is -0.370 e. The highest BCUT2D eigenvalue weighted by molar-refractivity contribution is 5.85. The first kappa shape index (κ1) is 26.2. The predicted octanol–water partition coefficient (Wildman–Crippen LogP) is 6.30. The van der Waals surface area contributed by atoms with Crippen LogP contribution in [0.4, 0.5) is 0 Å². The lowest BCUT2D eigenvalue weighted by atomic mass is 9.98. The van der Waals surface area contributed by atoms with E-state index in [1.54, 1.807) is 0 Å². The number of benzene rings is 1. The maximum Gasteiger partial charge on any atom is 0.231 e. The van der Waals surface area contributed by atoms with E-state index in [0.29, 0.717) is 18.3 Å². The van der Waals surface area contributed by atoms with Crippen molar-refractivity contribution in [3.05, 3.63) is 35.7 Å². The molecule has 32 heavy (non-hydrogen) atoms.